The number of rotatable bonds is 4. The zero-order valence-corrected chi connectivity index (χ0v) is 16.6. The average molecular weight is 403 g/mol. The minimum atomic E-state index is -0.655. The third kappa shape index (κ3) is 3.02. The summed E-state index contributed by atoms with van der Waals surface area (Å²) in [7, 11) is 1.67. The molecule has 1 aromatic carbocycles. The molecular weight excluding hydrogens is 382 g/mol. The van der Waals surface area contributed by atoms with Gasteiger partial charge in [0.25, 0.3) is 11.8 Å². The molecule has 1 saturated carbocycles. The lowest BCUT2D eigenvalue weighted by atomic mass is 10.1. The first-order valence-electron chi connectivity index (χ1n) is 9.88. The normalized spacial score (nSPS) is 24.6. The molecule has 0 saturated heterocycles. The summed E-state index contributed by atoms with van der Waals surface area (Å²) >= 11 is 0. The number of likely N-dealkylation sites (N-methyl/N-ethyl adjacent to an activating group) is 1. The van der Waals surface area contributed by atoms with Crippen molar-refractivity contribution in [2.45, 2.75) is 25.4 Å². The average Bonchev–Trinajstić information content (AvgIpc) is 3.21. The Kier molecular flexibility index (Phi) is 4.30. The molecule has 1 N–H and O–H groups in total. The van der Waals surface area contributed by atoms with Crippen molar-refractivity contribution in [3.8, 4) is 0 Å². The predicted molar refractivity (Wildman–Crippen MR) is 108 cm³/mol. The standard InChI is InChI=1S/C21H21N7O2/c1-12-15-16(12)18(21(30)27(2)19-17(15)22-8-9-23-19)25-20(29)14-10-24-28(26-14)11-13-6-4-3-5-7-13/h3-10,12,15-16,18H,11H2,1-2H3,(H,25,29)/t12-,15?,16?,18-/m0/s1. The Morgan fingerprint density at radius 3 is 2.73 bits per heavy atom. The first-order valence-corrected chi connectivity index (χ1v) is 9.88. The number of carbonyl (C=O) groups excluding carboxylic acids is 2. The summed E-state index contributed by atoms with van der Waals surface area (Å²) in [5.74, 6) is 0.275. The Morgan fingerprint density at radius 1 is 1.17 bits per heavy atom. The maximum atomic E-state index is 13.1. The van der Waals surface area contributed by atoms with E-state index in [0.717, 1.165) is 11.3 Å². The Bertz CT molecular complexity index is 1110. The van der Waals surface area contributed by atoms with Gasteiger partial charge in [-0.1, -0.05) is 37.3 Å². The molecule has 1 aliphatic heterocycles. The first-order chi connectivity index (χ1) is 14.5. The van der Waals surface area contributed by atoms with E-state index in [9.17, 15) is 9.59 Å². The summed E-state index contributed by atoms with van der Waals surface area (Å²) in [6.07, 6.45) is 4.65. The number of hydrogen-bond acceptors (Lipinski definition) is 6. The van der Waals surface area contributed by atoms with Crippen molar-refractivity contribution in [1.82, 2.24) is 30.3 Å². The highest BCUT2D eigenvalue weighted by Crippen LogP contribution is 2.58. The van der Waals surface area contributed by atoms with E-state index >= 15 is 0 Å². The van der Waals surface area contributed by atoms with Crippen molar-refractivity contribution in [2.75, 3.05) is 11.9 Å². The molecule has 2 aromatic heterocycles. The van der Waals surface area contributed by atoms with Gasteiger partial charge in [0.15, 0.2) is 11.5 Å². The zero-order valence-electron chi connectivity index (χ0n) is 16.6. The number of nitrogens with one attached hydrogen (secondary N) is 1. The molecule has 3 aromatic rings. The summed E-state index contributed by atoms with van der Waals surface area (Å²) in [5.41, 5.74) is 2.04. The number of aromatic nitrogens is 5. The summed E-state index contributed by atoms with van der Waals surface area (Å²) in [5, 5.41) is 11.4. The fourth-order valence-corrected chi connectivity index (χ4v) is 4.35. The van der Waals surface area contributed by atoms with Crippen molar-refractivity contribution in [3.63, 3.8) is 0 Å². The van der Waals surface area contributed by atoms with Gasteiger partial charge in [0.1, 0.15) is 6.04 Å². The van der Waals surface area contributed by atoms with E-state index in [1.165, 1.54) is 15.9 Å². The van der Waals surface area contributed by atoms with Gasteiger partial charge in [-0.25, -0.2) is 4.98 Å². The van der Waals surface area contributed by atoms with Crippen molar-refractivity contribution < 1.29 is 9.59 Å². The lowest BCUT2D eigenvalue weighted by Gasteiger charge is -2.22. The molecule has 152 valence electrons. The molecule has 2 amide bonds. The topological polar surface area (TPSA) is 106 Å². The van der Waals surface area contributed by atoms with Crippen LogP contribution in [0, 0.1) is 11.8 Å². The van der Waals surface area contributed by atoms with Gasteiger partial charge in [0.05, 0.1) is 18.4 Å². The van der Waals surface area contributed by atoms with Gasteiger partial charge in [0, 0.05) is 31.3 Å². The number of carbonyl (C=O) groups is 2. The molecule has 30 heavy (non-hydrogen) atoms. The number of hydrogen-bond donors (Lipinski definition) is 1. The number of anilines is 1. The summed E-state index contributed by atoms with van der Waals surface area (Å²) in [6, 6.07) is 9.10. The van der Waals surface area contributed by atoms with E-state index in [1.807, 2.05) is 30.3 Å². The minimum absolute atomic E-state index is 0.0128. The first kappa shape index (κ1) is 18.4. The molecule has 4 atom stereocenters. The Hall–Kier alpha value is -3.62. The highest BCUT2D eigenvalue weighted by Gasteiger charge is 2.59. The third-order valence-electron chi connectivity index (χ3n) is 5.99. The van der Waals surface area contributed by atoms with Crippen molar-refractivity contribution in [1.29, 1.82) is 0 Å². The van der Waals surface area contributed by atoms with Crippen LogP contribution in [0.2, 0.25) is 0 Å². The van der Waals surface area contributed by atoms with E-state index in [0.29, 0.717) is 12.4 Å². The van der Waals surface area contributed by atoms with Gasteiger partial charge in [-0.2, -0.15) is 9.90 Å². The predicted octanol–water partition coefficient (Wildman–Crippen LogP) is 1.24. The van der Waals surface area contributed by atoms with Gasteiger partial charge in [0.2, 0.25) is 0 Å². The van der Waals surface area contributed by atoms with Crippen LogP contribution in [0.3, 0.4) is 0 Å². The highest BCUT2D eigenvalue weighted by atomic mass is 16.2. The molecule has 0 radical (unpaired) electrons. The van der Waals surface area contributed by atoms with Crippen LogP contribution in [0.15, 0.2) is 48.9 Å². The molecule has 9 heteroatoms. The SMILES string of the molecule is C[C@H]1C2c3nccnc3N(C)C(=O)[C@@H](NC(=O)c3cnn(Cc4ccccc4)n3)C21. The number of amides is 2. The summed E-state index contributed by atoms with van der Waals surface area (Å²) in [6.45, 7) is 2.54. The van der Waals surface area contributed by atoms with Crippen LogP contribution in [0.1, 0.15) is 34.6 Å². The Labute approximate surface area is 173 Å². The molecule has 9 nitrogen and oxygen atoms in total. The largest absolute Gasteiger partial charge is 0.338 e. The maximum absolute atomic E-state index is 13.1. The molecular formula is C21H21N7O2. The molecule has 2 unspecified atom stereocenters. The molecule has 1 aliphatic carbocycles. The van der Waals surface area contributed by atoms with Crippen molar-refractivity contribution >= 4 is 17.6 Å². The maximum Gasteiger partial charge on any atom is 0.274 e. The van der Waals surface area contributed by atoms with E-state index < -0.39 is 11.9 Å². The van der Waals surface area contributed by atoms with E-state index in [1.54, 1.807) is 19.4 Å². The van der Waals surface area contributed by atoms with Gasteiger partial charge in [-0.3, -0.25) is 19.5 Å². The fourth-order valence-electron chi connectivity index (χ4n) is 4.35. The van der Waals surface area contributed by atoms with E-state index in [4.69, 9.17) is 0 Å². The zero-order chi connectivity index (χ0) is 20.8. The van der Waals surface area contributed by atoms with Crippen LogP contribution in [-0.2, 0) is 11.3 Å². The fraction of sp³-hybridized carbons (Fsp3) is 0.333. The quantitative estimate of drug-likeness (QED) is 0.703. The van der Waals surface area contributed by atoms with E-state index in [2.05, 4.69) is 32.4 Å². The van der Waals surface area contributed by atoms with Crippen LogP contribution in [-0.4, -0.2) is 49.9 Å². The number of benzene rings is 1. The molecule has 5 rings (SSSR count). The molecule has 2 aliphatic rings. The molecule has 1 fully saturated rings. The third-order valence-corrected chi connectivity index (χ3v) is 5.99. The second-order valence-corrected chi connectivity index (χ2v) is 7.82. The molecule has 0 bridgehead atoms. The van der Waals surface area contributed by atoms with Crippen LogP contribution in [0.25, 0.3) is 0 Å². The van der Waals surface area contributed by atoms with Gasteiger partial charge >= 0.3 is 0 Å². The summed E-state index contributed by atoms with van der Waals surface area (Å²) < 4.78 is 0. The molecule has 0 spiro atoms. The monoisotopic (exact) mass is 403 g/mol. The van der Waals surface area contributed by atoms with Gasteiger partial charge in [-0.15, -0.1) is 5.10 Å². The second-order valence-electron chi connectivity index (χ2n) is 7.82. The molecule has 3 heterocycles. The van der Waals surface area contributed by atoms with Crippen LogP contribution < -0.4 is 10.2 Å². The summed E-state index contributed by atoms with van der Waals surface area (Å²) in [4.78, 5) is 37.7. The van der Waals surface area contributed by atoms with Crippen molar-refractivity contribution in [2.24, 2.45) is 11.8 Å². The lowest BCUT2D eigenvalue weighted by molar-refractivity contribution is -0.120. The highest BCUT2D eigenvalue weighted by molar-refractivity contribution is 6.02. The van der Waals surface area contributed by atoms with E-state index in [-0.39, 0.29) is 29.4 Å². The van der Waals surface area contributed by atoms with Gasteiger partial charge < -0.3 is 5.32 Å². The second kappa shape index (κ2) is 7.01. The smallest absolute Gasteiger partial charge is 0.274 e. The minimum Gasteiger partial charge on any atom is -0.338 e. The Balaban J connectivity index is 1.35. The number of nitrogens with zero attached hydrogens (tertiary/aromatic N) is 6. The van der Waals surface area contributed by atoms with Crippen LogP contribution in [0.5, 0.6) is 0 Å². The van der Waals surface area contributed by atoms with Crippen LogP contribution in [0.4, 0.5) is 5.82 Å². The Morgan fingerprint density at radius 2 is 1.93 bits per heavy atom. The van der Waals surface area contributed by atoms with Gasteiger partial charge in [-0.05, 0) is 11.5 Å². The lowest BCUT2D eigenvalue weighted by Crippen LogP contribution is -2.49. The number of fused-ring (bicyclic) bond motifs is 3. The van der Waals surface area contributed by atoms with Crippen molar-refractivity contribution in [3.05, 3.63) is 65.9 Å². The van der Waals surface area contributed by atoms with Crippen LogP contribution >= 0.6 is 0 Å².